The van der Waals surface area contributed by atoms with Gasteiger partial charge in [0.25, 0.3) is 6.71 Å². The van der Waals surface area contributed by atoms with Gasteiger partial charge in [-0.3, -0.25) is 0 Å². The predicted molar refractivity (Wildman–Crippen MR) is 222 cm³/mol. The number of hydrogen-bond acceptors (Lipinski definition) is 2. The molecular formula is C49H46BN3. The van der Waals surface area contributed by atoms with Crippen LogP contribution in [0.5, 0.6) is 0 Å². The SMILES string of the molecule is CC1(C)c2ccccc2-c2cccc(N3c4ccccc4B4c5c3ccc3c5N(c5c4c4c(n5-c5ccccc5)CCCC4)C4(C)CCCCC34C)c21. The van der Waals surface area contributed by atoms with Crippen molar-refractivity contribution in [3.63, 3.8) is 0 Å². The van der Waals surface area contributed by atoms with Crippen LogP contribution in [0, 0.1) is 0 Å². The van der Waals surface area contributed by atoms with E-state index in [1.54, 1.807) is 22.3 Å². The highest BCUT2D eigenvalue weighted by molar-refractivity contribution is 7.00. The molecule has 0 spiro atoms. The molecule has 4 heteroatoms. The van der Waals surface area contributed by atoms with Gasteiger partial charge in [-0.25, -0.2) is 0 Å². The van der Waals surface area contributed by atoms with Crippen LogP contribution >= 0.6 is 0 Å². The molecule has 2 unspecified atom stereocenters. The van der Waals surface area contributed by atoms with Gasteiger partial charge in [-0.2, -0.15) is 0 Å². The smallest absolute Gasteiger partial charge is 0.254 e. The van der Waals surface area contributed by atoms with E-state index in [2.05, 4.69) is 151 Å². The molecule has 5 aromatic carbocycles. The maximum atomic E-state index is 2.94. The zero-order valence-electron chi connectivity index (χ0n) is 31.5. The van der Waals surface area contributed by atoms with Crippen LogP contribution in [0.25, 0.3) is 16.8 Å². The standard InChI is InChI=1S/C49H46BN3/c1-47(2)35-22-10-8-19-32(35)33-21-16-26-40(42(33)47)52-39-25-13-11-23-37(39)50-43-34-20-9-12-24-38(34)51(31-17-6-5-7-18-31)46(43)53-45-36(27-28-41(52)44(45)50)48(3)29-14-15-30-49(48,53)4/h5-8,10-11,13,16-19,21-23,25-28H,9,12,14-15,20,24,29-30H2,1-4H3. The highest BCUT2D eigenvalue weighted by atomic mass is 15.3. The van der Waals surface area contributed by atoms with E-state index in [9.17, 15) is 0 Å². The molecule has 0 bridgehead atoms. The molecule has 0 radical (unpaired) electrons. The fourth-order valence-corrected chi connectivity index (χ4v) is 12.6. The molecule has 53 heavy (non-hydrogen) atoms. The Bertz CT molecular complexity index is 2560. The molecule has 3 aliphatic carbocycles. The van der Waals surface area contributed by atoms with E-state index in [1.165, 1.54) is 106 Å². The van der Waals surface area contributed by atoms with Gasteiger partial charge in [0, 0.05) is 39.3 Å². The summed E-state index contributed by atoms with van der Waals surface area (Å²) in [7, 11) is 0. The lowest BCUT2D eigenvalue weighted by Gasteiger charge is -2.52. The molecule has 2 atom stereocenters. The maximum absolute atomic E-state index is 2.94. The van der Waals surface area contributed by atoms with Crippen molar-refractivity contribution >= 4 is 51.7 Å². The number of nitrogens with zero attached hydrogens (tertiary/aromatic N) is 3. The minimum atomic E-state index is -0.122. The van der Waals surface area contributed by atoms with Crippen molar-refractivity contribution in [1.82, 2.24) is 4.57 Å². The Kier molecular flexibility index (Phi) is 5.85. The summed E-state index contributed by atoms with van der Waals surface area (Å²) in [6, 6.07) is 42.1. The Labute approximate surface area is 314 Å². The van der Waals surface area contributed by atoms with Gasteiger partial charge in [-0.05, 0) is 126 Å². The summed E-state index contributed by atoms with van der Waals surface area (Å²) in [5, 5.41) is 0. The summed E-state index contributed by atoms with van der Waals surface area (Å²) in [5.41, 5.74) is 21.7. The van der Waals surface area contributed by atoms with Crippen molar-refractivity contribution in [2.75, 3.05) is 9.80 Å². The Balaban J connectivity index is 1.21. The molecule has 1 fully saturated rings. The molecule has 4 heterocycles. The van der Waals surface area contributed by atoms with Gasteiger partial charge in [0.15, 0.2) is 0 Å². The van der Waals surface area contributed by atoms with Crippen LogP contribution < -0.4 is 26.2 Å². The van der Waals surface area contributed by atoms with E-state index >= 15 is 0 Å². The molecular weight excluding hydrogens is 641 g/mol. The highest BCUT2D eigenvalue weighted by Gasteiger charge is 2.63. The van der Waals surface area contributed by atoms with Gasteiger partial charge < -0.3 is 14.4 Å². The van der Waals surface area contributed by atoms with Gasteiger partial charge in [0.1, 0.15) is 5.82 Å². The third-order valence-corrected chi connectivity index (χ3v) is 15.1. The summed E-state index contributed by atoms with van der Waals surface area (Å²) < 4.78 is 2.74. The minimum absolute atomic E-state index is 0.0185. The summed E-state index contributed by atoms with van der Waals surface area (Å²) in [4.78, 5) is 5.63. The summed E-state index contributed by atoms with van der Waals surface area (Å²) in [5.74, 6) is 1.47. The molecule has 0 saturated heterocycles. The van der Waals surface area contributed by atoms with Crippen molar-refractivity contribution in [3.8, 4) is 16.8 Å². The van der Waals surface area contributed by atoms with Crippen molar-refractivity contribution in [3.05, 3.63) is 137 Å². The molecule has 3 aliphatic heterocycles. The van der Waals surface area contributed by atoms with E-state index in [0.29, 0.717) is 0 Å². The number of anilines is 5. The monoisotopic (exact) mass is 687 g/mol. The third kappa shape index (κ3) is 3.50. The average Bonchev–Trinajstić information content (AvgIpc) is 3.73. The zero-order chi connectivity index (χ0) is 35.4. The van der Waals surface area contributed by atoms with Gasteiger partial charge in [-0.1, -0.05) is 112 Å². The van der Waals surface area contributed by atoms with Crippen molar-refractivity contribution in [2.24, 2.45) is 0 Å². The van der Waals surface area contributed by atoms with Crippen LogP contribution in [0.15, 0.2) is 109 Å². The molecule has 1 aromatic heterocycles. The number of benzene rings is 5. The van der Waals surface area contributed by atoms with Crippen LogP contribution in [0.4, 0.5) is 28.6 Å². The van der Waals surface area contributed by atoms with Crippen molar-refractivity contribution in [1.29, 1.82) is 0 Å². The second kappa shape index (κ2) is 10.2. The van der Waals surface area contributed by atoms with Crippen molar-refractivity contribution < 1.29 is 0 Å². The van der Waals surface area contributed by atoms with E-state index < -0.39 is 0 Å². The first-order valence-corrected chi connectivity index (χ1v) is 20.3. The van der Waals surface area contributed by atoms with Crippen molar-refractivity contribution in [2.45, 2.75) is 95.4 Å². The van der Waals surface area contributed by atoms with Gasteiger partial charge in [0.05, 0.1) is 11.2 Å². The number of rotatable bonds is 2. The third-order valence-electron chi connectivity index (χ3n) is 15.1. The average molecular weight is 688 g/mol. The van der Waals surface area contributed by atoms with Crippen LogP contribution in [0.1, 0.15) is 94.2 Å². The number of fused-ring (bicyclic) bond motifs is 13. The van der Waals surface area contributed by atoms with Crippen LogP contribution in [0.3, 0.4) is 0 Å². The molecule has 12 rings (SSSR count). The number of hydrogen-bond donors (Lipinski definition) is 0. The maximum Gasteiger partial charge on any atom is 0.254 e. The second-order valence-electron chi connectivity index (χ2n) is 17.8. The topological polar surface area (TPSA) is 11.4 Å². The Morgan fingerprint density at radius 3 is 2.21 bits per heavy atom. The quantitative estimate of drug-likeness (QED) is 0.168. The van der Waals surface area contributed by atoms with Gasteiger partial charge >= 0.3 is 0 Å². The van der Waals surface area contributed by atoms with Gasteiger partial charge in [0.2, 0.25) is 0 Å². The first-order chi connectivity index (χ1) is 25.8. The lowest BCUT2D eigenvalue weighted by atomic mass is 9.33. The van der Waals surface area contributed by atoms with Gasteiger partial charge in [-0.15, -0.1) is 0 Å². The summed E-state index contributed by atoms with van der Waals surface area (Å²) >= 11 is 0. The molecule has 1 saturated carbocycles. The highest BCUT2D eigenvalue weighted by Crippen LogP contribution is 2.63. The first-order valence-electron chi connectivity index (χ1n) is 20.3. The Morgan fingerprint density at radius 1 is 0.585 bits per heavy atom. The predicted octanol–water partition coefficient (Wildman–Crippen LogP) is 10.0. The fraction of sp³-hybridized carbons (Fsp3) is 0.306. The number of para-hydroxylation sites is 2. The molecule has 3 nitrogen and oxygen atoms in total. The Hall–Kier alpha value is -4.96. The molecule has 6 aliphatic rings. The lowest BCUT2D eigenvalue weighted by molar-refractivity contribution is 0.194. The molecule has 0 N–H and O–H groups in total. The lowest BCUT2D eigenvalue weighted by Crippen LogP contribution is -2.65. The number of aromatic nitrogens is 1. The minimum Gasteiger partial charge on any atom is -0.321 e. The van der Waals surface area contributed by atoms with Crippen LogP contribution in [0.2, 0.25) is 0 Å². The summed E-state index contributed by atoms with van der Waals surface area (Å²) in [6.45, 7) is 10.3. The Morgan fingerprint density at radius 2 is 1.32 bits per heavy atom. The van der Waals surface area contributed by atoms with Crippen LogP contribution in [-0.2, 0) is 23.7 Å². The van der Waals surface area contributed by atoms with E-state index in [0.717, 1.165) is 12.8 Å². The van der Waals surface area contributed by atoms with E-state index in [-0.39, 0.29) is 23.1 Å². The normalized spacial score (nSPS) is 23.4. The van der Waals surface area contributed by atoms with E-state index in [4.69, 9.17) is 0 Å². The largest absolute Gasteiger partial charge is 0.321 e. The summed E-state index contributed by atoms with van der Waals surface area (Å²) in [6.07, 6.45) is 9.84. The fourth-order valence-electron chi connectivity index (χ4n) is 12.6. The molecule has 0 amide bonds. The molecule has 6 aromatic rings. The zero-order valence-corrected chi connectivity index (χ0v) is 31.5. The second-order valence-corrected chi connectivity index (χ2v) is 17.8. The first kappa shape index (κ1) is 30.5. The van der Waals surface area contributed by atoms with E-state index in [1.807, 2.05) is 0 Å². The van der Waals surface area contributed by atoms with Crippen LogP contribution in [-0.4, -0.2) is 16.8 Å². The molecule has 260 valence electrons.